The van der Waals surface area contributed by atoms with Crippen molar-refractivity contribution in [2.24, 2.45) is 0 Å². The van der Waals surface area contributed by atoms with E-state index in [1.807, 2.05) is 13.8 Å². The molecule has 0 spiro atoms. The van der Waals surface area contributed by atoms with Crippen LogP contribution in [0.3, 0.4) is 0 Å². The van der Waals surface area contributed by atoms with E-state index >= 15 is 0 Å². The summed E-state index contributed by atoms with van der Waals surface area (Å²) in [5.74, 6) is -0.0364. The van der Waals surface area contributed by atoms with Gasteiger partial charge in [-0.3, -0.25) is 4.79 Å². The maximum Gasteiger partial charge on any atom is 0.265 e. The molecule has 0 aliphatic heterocycles. The van der Waals surface area contributed by atoms with Gasteiger partial charge in [-0.2, -0.15) is 0 Å². The Hall–Kier alpha value is -1.01. The molecular formula is C9H15N3O2S. The summed E-state index contributed by atoms with van der Waals surface area (Å²) in [4.78, 5) is 12.2. The first kappa shape index (κ1) is 12.1. The van der Waals surface area contributed by atoms with E-state index in [2.05, 4.69) is 14.9 Å². The van der Waals surface area contributed by atoms with Crippen LogP contribution in [0, 0.1) is 0 Å². The molecule has 1 aromatic rings. The summed E-state index contributed by atoms with van der Waals surface area (Å²) in [6.45, 7) is 5.78. The molecule has 1 rings (SSSR count). The second-order valence-electron chi connectivity index (χ2n) is 3.70. The van der Waals surface area contributed by atoms with Crippen LogP contribution in [0.4, 0.5) is 0 Å². The van der Waals surface area contributed by atoms with Gasteiger partial charge in [-0.1, -0.05) is 18.3 Å². The lowest BCUT2D eigenvalue weighted by atomic mass is 10.1. The minimum Gasteiger partial charge on any atom is -0.392 e. The summed E-state index contributed by atoms with van der Waals surface area (Å²) in [5.41, 5.74) is 0.711. The van der Waals surface area contributed by atoms with Crippen molar-refractivity contribution < 1.29 is 9.90 Å². The molecule has 1 heterocycles. The maximum atomic E-state index is 11.6. The van der Waals surface area contributed by atoms with Crippen LogP contribution in [0.25, 0.3) is 0 Å². The molecule has 0 aliphatic carbocycles. The lowest BCUT2D eigenvalue weighted by molar-refractivity contribution is 0.0926. The minimum atomic E-state index is -0.544. The number of aliphatic hydroxyl groups is 1. The van der Waals surface area contributed by atoms with Crippen LogP contribution in [-0.2, 0) is 0 Å². The first-order chi connectivity index (χ1) is 7.02. The van der Waals surface area contributed by atoms with Gasteiger partial charge in [0, 0.05) is 6.54 Å². The Kier molecular flexibility index (Phi) is 4.16. The fraction of sp³-hybridized carbons (Fsp3) is 0.667. The van der Waals surface area contributed by atoms with Crippen molar-refractivity contribution in [3.8, 4) is 0 Å². The van der Waals surface area contributed by atoms with Crippen molar-refractivity contribution in [3.05, 3.63) is 10.6 Å². The molecule has 1 atom stereocenters. The Balaban J connectivity index is 2.69. The second-order valence-corrected chi connectivity index (χ2v) is 4.46. The molecule has 0 radical (unpaired) electrons. The number of aliphatic hydroxyl groups excluding tert-OH is 1. The molecule has 0 aromatic carbocycles. The van der Waals surface area contributed by atoms with Gasteiger partial charge in [0.25, 0.3) is 5.91 Å². The van der Waals surface area contributed by atoms with Crippen LogP contribution < -0.4 is 5.32 Å². The highest BCUT2D eigenvalue weighted by Gasteiger charge is 2.18. The molecule has 2 N–H and O–H groups in total. The normalized spacial score (nSPS) is 12.9. The third kappa shape index (κ3) is 3.24. The van der Waals surface area contributed by atoms with Crippen LogP contribution in [0.15, 0.2) is 0 Å². The van der Waals surface area contributed by atoms with Gasteiger partial charge in [-0.15, -0.1) is 5.10 Å². The van der Waals surface area contributed by atoms with Crippen molar-refractivity contribution in [1.82, 2.24) is 14.9 Å². The smallest absolute Gasteiger partial charge is 0.265 e. The fourth-order valence-corrected chi connectivity index (χ4v) is 1.79. The zero-order chi connectivity index (χ0) is 11.4. The van der Waals surface area contributed by atoms with Crippen molar-refractivity contribution in [2.75, 3.05) is 6.54 Å². The predicted molar refractivity (Wildman–Crippen MR) is 58.0 cm³/mol. The van der Waals surface area contributed by atoms with E-state index < -0.39 is 6.10 Å². The zero-order valence-electron chi connectivity index (χ0n) is 9.02. The number of rotatable bonds is 4. The Morgan fingerprint density at radius 3 is 2.73 bits per heavy atom. The lowest BCUT2D eigenvalue weighted by Gasteiger charge is -2.07. The summed E-state index contributed by atoms with van der Waals surface area (Å²) >= 11 is 1.08. The van der Waals surface area contributed by atoms with Crippen LogP contribution in [0.5, 0.6) is 0 Å². The molecule has 1 amide bonds. The van der Waals surface area contributed by atoms with Crippen molar-refractivity contribution in [3.63, 3.8) is 0 Å². The van der Waals surface area contributed by atoms with Crippen molar-refractivity contribution in [1.29, 1.82) is 0 Å². The van der Waals surface area contributed by atoms with E-state index in [1.165, 1.54) is 0 Å². The highest BCUT2D eigenvalue weighted by atomic mass is 32.1. The van der Waals surface area contributed by atoms with E-state index in [0.717, 1.165) is 11.5 Å². The summed E-state index contributed by atoms with van der Waals surface area (Å²) in [6, 6.07) is 0. The molecule has 15 heavy (non-hydrogen) atoms. The molecular weight excluding hydrogens is 214 g/mol. The van der Waals surface area contributed by atoms with Gasteiger partial charge in [0.15, 0.2) is 0 Å². The topological polar surface area (TPSA) is 75.1 Å². The van der Waals surface area contributed by atoms with E-state index in [0.29, 0.717) is 10.6 Å². The van der Waals surface area contributed by atoms with Crippen LogP contribution in [0.1, 0.15) is 42.1 Å². The highest BCUT2D eigenvalue weighted by Crippen LogP contribution is 2.19. The zero-order valence-corrected chi connectivity index (χ0v) is 9.84. The number of carbonyl (C=O) groups excluding carboxylic acids is 1. The Labute approximate surface area is 92.7 Å². The Morgan fingerprint density at radius 1 is 1.53 bits per heavy atom. The predicted octanol–water partition coefficient (Wildman–Crippen LogP) is 0.772. The first-order valence-electron chi connectivity index (χ1n) is 4.81. The average molecular weight is 229 g/mol. The van der Waals surface area contributed by atoms with Gasteiger partial charge in [0.1, 0.15) is 4.88 Å². The largest absolute Gasteiger partial charge is 0.392 e. The second kappa shape index (κ2) is 5.18. The van der Waals surface area contributed by atoms with E-state index in [-0.39, 0.29) is 18.4 Å². The van der Waals surface area contributed by atoms with Crippen LogP contribution >= 0.6 is 11.5 Å². The van der Waals surface area contributed by atoms with Crippen LogP contribution in [0.2, 0.25) is 0 Å². The van der Waals surface area contributed by atoms with Gasteiger partial charge in [-0.05, 0) is 24.4 Å². The van der Waals surface area contributed by atoms with E-state index in [1.54, 1.807) is 6.92 Å². The average Bonchev–Trinajstić information content (AvgIpc) is 2.62. The molecule has 0 saturated carbocycles. The number of aromatic nitrogens is 2. The summed E-state index contributed by atoms with van der Waals surface area (Å²) in [6.07, 6.45) is -0.544. The van der Waals surface area contributed by atoms with Crippen LogP contribution in [-0.4, -0.2) is 33.2 Å². The van der Waals surface area contributed by atoms with Gasteiger partial charge >= 0.3 is 0 Å². The van der Waals surface area contributed by atoms with Gasteiger partial charge in [0.2, 0.25) is 0 Å². The number of hydrogen-bond acceptors (Lipinski definition) is 5. The monoisotopic (exact) mass is 229 g/mol. The fourth-order valence-electron chi connectivity index (χ4n) is 1.05. The van der Waals surface area contributed by atoms with Gasteiger partial charge in [0.05, 0.1) is 11.8 Å². The molecule has 0 fully saturated rings. The van der Waals surface area contributed by atoms with Crippen molar-refractivity contribution in [2.45, 2.75) is 32.8 Å². The number of hydrogen-bond donors (Lipinski definition) is 2. The van der Waals surface area contributed by atoms with Gasteiger partial charge in [-0.25, -0.2) is 0 Å². The SMILES string of the molecule is CC(O)CNC(=O)c1snnc1C(C)C. The number of carbonyl (C=O) groups is 1. The van der Waals surface area contributed by atoms with E-state index in [9.17, 15) is 4.79 Å². The number of amides is 1. The summed E-state index contributed by atoms with van der Waals surface area (Å²) in [5, 5.41) is 15.6. The van der Waals surface area contributed by atoms with Gasteiger partial charge < -0.3 is 10.4 Å². The number of nitrogens with one attached hydrogen (secondary N) is 1. The standard InChI is InChI=1S/C9H15N3O2S/c1-5(2)7-8(15-12-11-7)9(14)10-4-6(3)13/h5-6,13H,4H2,1-3H3,(H,10,14). The Bertz CT molecular complexity index is 336. The lowest BCUT2D eigenvalue weighted by Crippen LogP contribution is -2.30. The molecule has 0 saturated heterocycles. The third-order valence-electron chi connectivity index (χ3n) is 1.82. The summed E-state index contributed by atoms with van der Waals surface area (Å²) in [7, 11) is 0. The molecule has 5 nitrogen and oxygen atoms in total. The summed E-state index contributed by atoms with van der Waals surface area (Å²) < 4.78 is 3.76. The molecule has 1 unspecified atom stereocenters. The quantitative estimate of drug-likeness (QED) is 0.799. The molecule has 1 aromatic heterocycles. The number of nitrogens with zero attached hydrogens (tertiary/aromatic N) is 2. The third-order valence-corrected chi connectivity index (χ3v) is 2.56. The first-order valence-corrected chi connectivity index (χ1v) is 5.58. The van der Waals surface area contributed by atoms with Crippen molar-refractivity contribution >= 4 is 17.4 Å². The molecule has 0 bridgehead atoms. The molecule has 84 valence electrons. The molecule has 6 heteroatoms. The Morgan fingerprint density at radius 2 is 2.20 bits per heavy atom. The van der Waals surface area contributed by atoms with E-state index in [4.69, 9.17) is 5.11 Å². The highest BCUT2D eigenvalue weighted by molar-refractivity contribution is 7.08. The maximum absolute atomic E-state index is 11.6. The minimum absolute atomic E-state index is 0.177. The molecule has 0 aliphatic rings.